The van der Waals surface area contributed by atoms with E-state index < -0.39 is 0 Å². The van der Waals surface area contributed by atoms with Gasteiger partial charge in [0.25, 0.3) is 0 Å². The minimum absolute atomic E-state index is 0.0709. The van der Waals surface area contributed by atoms with Crippen molar-refractivity contribution in [2.75, 3.05) is 19.0 Å². The Morgan fingerprint density at radius 3 is 2.57 bits per heavy atom. The van der Waals surface area contributed by atoms with Crippen LogP contribution in [0.25, 0.3) is 16.3 Å². The van der Waals surface area contributed by atoms with E-state index in [9.17, 15) is 4.79 Å². The molecule has 5 rings (SSSR count). The van der Waals surface area contributed by atoms with Gasteiger partial charge in [-0.05, 0) is 58.4 Å². The van der Waals surface area contributed by atoms with Gasteiger partial charge in [0.1, 0.15) is 0 Å². The summed E-state index contributed by atoms with van der Waals surface area (Å²) in [4.78, 5) is 13.7. The van der Waals surface area contributed by atoms with Crippen LogP contribution in [0.1, 0.15) is 82.9 Å². The van der Waals surface area contributed by atoms with Gasteiger partial charge in [0.2, 0.25) is 0 Å². The fourth-order valence-corrected chi connectivity index (χ4v) is 5.96. The number of fused-ring (bicyclic) bond motifs is 4. The van der Waals surface area contributed by atoms with Crippen molar-refractivity contribution in [3.8, 4) is 11.5 Å². The van der Waals surface area contributed by atoms with E-state index >= 15 is 0 Å². The van der Waals surface area contributed by atoms with Crippen molar-refractivity contribution in [2.45, 2.75) is 71.8 Å². The Balaban J connectivity index is 1.51. The number of benzene rings is 3. The fraction of sp³-hybridized carbons (Fsp3) is 0.424. The third kappa shape index (κ3) is 5.12. The van der Waals surface area contributed by atoms with E-state index in [-0.39, 0.29) is 17.2 Å². The maximum absolute atomic E-state index is 13.7. The van der Waals surface area contributed by atoms with Gasteiger partial charge < -0.3 is 14.8 Å². The van der Waals surface area contributed by atoms with E-state index in [1.54, 1.807) is 7.11 Å². The van der Waals surface area contributed by atoms with Gasteiger partial charge in [-0.25, -0.2) is 0 Å². The topological polar surface area (TPSA) is 47.6 Å². The Hall–Kier alpha value is -3.27. The van der Waals surface area contributed by atoms with Gasteiger partial charge in [0.05, 0.1) is 19.8 Å². The predicted octanol–water partition coefficient (Wildman–Crippen LogP) is 8.51. The molecule has 0 radical (unpaired) electrons. The molecule has 1 N–H and O–H groups in total. The van der Waals surface area contributed by atoms with Crippen LogP contribution in [-0.2, 0) is 4.79 Å². The molecule has 0 bridgehead atoms. The number of carbonyl (C=O) groups is 1. The van der Waals surface area contributed by atoms with Gasteiger partial charge in [-0.1, -0.05) is 82.9 Å². The molecule has 0 unspecified atom stereocenters. The number of rotatable bonds is 9. The quantitative estimate of drug-likeness (QED) is 0.301. The summed E-state index contributed by atoms with van der Waals surface area (Å²) < 4.78 is 11.8. The highest BCUT2D eigenvalue weighted by atomic mass is 16.5. The number of ether oxygens (including phenoxy) is 2. The van der Waals surface area contributed by atoms with E-state index in [1.165, 1.54) is 47.6 Å². The summed E-state index contributed by atoms with van der Waals surface area (Å²) in [6.45, 7) is 7.32. The van der Waals surface area contributed by atoms with Crippen LogP contribution in [0.5, 0.6) is 11.5 Å². The van der Waals surface area contributed by atoms with E-state index in [4.69, 9.17) is 9.47 Å². The maximum Gasteiger partial charge on any atom is 0.162 e. The average molecular weight is 498 g/mol. The number of hydrogen-bond acceptors (Lipinski definition) is 4. The average Bonchev–Trinajstić information content (AvgIpc) is 2.89. The molecule has 1 atom stereocenters. The van der Waals surface area contributed by atoms with Crippen LogP contribution >= 0.6 is 0 Å². The third-order valence-electron chi connectivity index (χ3n) is 7.77. The van der Waals surface area contributed by atoms with Crippen LogP contribution < -0.4 is 14.8 Å². The summed E-state index contributed by atoms with van der Waals surface area (Å²) >= 11 is 0. The smallest absolute Gasteiger partial charge is 0.162 e. The van der Waals surface area contributed by atoms with E-state index in [0.717, 1.165) is 35.4 Å². The molecule has 0 fully saturated rings. The normalized spacial score (nSPS) is 18.3. The highest BCUT2D eigenvalue weighted by Crippen LogP contribution is 2.52. The Morgan fingerprint density at radius 2 is 1.76 bits per heavy atom. The standard InChI is InChI=1S/C33H39NO3/c1-5-6-7-8-11-18-37-28-17-15-23(19-29(28)36-4)32-31-25(20-33(2,3)21-27(31)35)30-24-13-10-9-12-22(24)14-16-26(30)34-32/h9-10,12-17,19,32,34H,5-8,11,18,20-21H2,1-4H3/t32-/m0/s1. The lowest BCUT2D eigenvalue weighted by Crippen LogP contribution is -2.33. The zero-order chi connectivity index (χ0) is 26.0. The first-order chi connectivity index (χ1) is 17.9. The van der Waals surface area contributed by atoms with Crippen LogP contribution in [0.3, 0.4) is 0 Å². The van der Waals surface area contributed by atoms with Gasteiger partial charge in [0, 0.05) is 23.2 Å². The number of unbranched alkanes of at least 4 members (excludes halogenated alkanes) is 4. The van der Waals surface area contributed by atoms with Gasteiger partial charge in [-0.15, -0.1) is 0 Å². The first kappa shape index (κ1) is 25.4. The number of allylic oxidation sites excluding steroid dienone is 1. The Morgan fingerprint density at radius 1 is 0.946 bits per heavy atom. The second kappa shape index (κ2) is 10.6. The zero-order valence-electron chi connectivity index (χ0n) is 22.7. The molecule has 3 aromatic rings. The first-order valence-corrected chi connectivity index (χ1v) is 13.8. The SMILES string of the molecule is CCCCCCCOc1ccc([C@@H]2Nc3ccc4ccccc4c3C3=C2C(=O)CC(C)(C)C3)cc1OC. The summed E-state index contributed by atoms with van der Waals surface area (Å²) in [7, 11) is 1.68. The van der Waals surface area contributed by atoms with E-state index in [2.05, 4.69) is 68.6 Å². The molecule has 4 heteroatoms. The third-order valence-corrected chi connectivity index (χ3v) is 7.77. The largest absolute Gasteiger partial charge is 0.493 e. The maximum atomic E-state index is 13.7. The minimum Gasteiger partial charge on any atom is -0.493 e. The fourth-order valence-electron chi connectivity index (χ4n) is 5.96. The summed E-state index contributed by atoms with van der Waals surface area (Å²) in [5, 5.41) is 6.12. The molecule has 2 aliphatic rings. The summed E-state index contributed by atoms with van der Waals surface area (Å²) in [6, 6.07) is 18.7. The van der Waals surface area contributed by atoms with Gasteiger partial charge in [-0.3, -0.25) is 4.79 Å². The second-order valence-corrected chi connectivity index (χ2v) is 11.3. The molecule has 194 valence electrons. The Labute approximate surface area is 221 Å². The molecular formula is C33H39NO3. The van der Waals surface area contributed by atoms with Crippen molar-refractivity contribution in [3.05, 3.63) is 71.3 Å². The molecule has 0 aromatic heterocycles. The van der Waals surface area contributed by atoms with Crippen molar-refractivity contribution in [3.63, 3.8) is 0 Å². The molecule has 0 spiro atoms. The number of carbonyl (C=O) groups excluding carboxylic acids is 1. The molecule has 1 aliphatic carbocycles. The number of nitrogens with one attached hydrogen (secondary N) is 1. The Bertz CT molecular complexity index is 1340. The molecular weight excluding hydrogens is 458 g/mol. The molecule has 1 aliphatic heterocycles. The second-order valence-electron chi connectivity index (χ2n) is 11.3. The molecule has 0 saturated carbocycles. The summed E-state index contributed by atoms with van der Waals surface area (Å²) in [5.74, 6) is 1.70. The molecule has 4 nitrogen and oxygen atoms in total. The monoisotopic (exact) mass is 497 g/mol. The lowest BCUT2D eigenvalue weighted by Gasteiger charge is -2.40. The molecule has 1 heterocycles. The highest BCUT2D eigenvalue weighted by Gasteiger charge is 2.41. The summed E-state index contributed by atoms with van der Waals surface area (Å²) in [5.41, 5.74) is 5.29. The van der Waals surface area contributed by atoms with Gasteiger partial charge in [0.15, 0.2) is 17.3 Å². The number of ketones is 1. The molecule has 37 heavy (non-hydrogen) atoms. The Kier molecular flexibility index (Phi) is 7.28. The van der Waals surface area contributed by atoms with Crippen molar-refractivity contribution in [2.24, 2.45) is 5.41 Å². The number of hydrogen-bond donors (Lipinski definition) is 1. The lowest BCUT2D eigenvalue weighted by molar-refractivity contribution is -0.118. The molecule has 0 saturated heterocycles. The lowest BCUT2D eigenvalue weighted by atomic mass is 9.68. The number of methoxy groups -OCH3 is 1. The summed E-state index contributed by atoms with van der Waals surface area (Å²) in [6.07, 6.45) is 7.43. The zero-order valence-corrected chi connectivity index (χ0v) is 22.7. The van der Waals surface area contributed by atoms with E-state index in [0.29, 0.717) is 18.8 Å². The predicted molar refractivity (Wildman–Crippen MR) is 153 cm³/mol. The number of anilines is 1. The van der Waals surface area contributed by atoms with Crippen LogP contribution in [0, 0.1) is 5.41 Å². The molecule has 0 amide bonds. The van der Waals surface area contributed by atoms with Crippen molar-refractivity contribution < 1.29 is 14.3 Å². The first-order valence-electron chi connectivity index (χ1n) is 13.8. The van der Waals surface area contributed by atoms with Crippen LogP contribution in [0.15, 0.2) is 60.2 Å². The minimum atomic E-state index is -0.218. The molecule has 3 aromatic carbocycles. The highest BCUT2D eigenvalue weighted by molar-refractivity contribution is 6.12. The van der Waals surface area contributed by atoms with Crippen molar-refractivity contribution in [1.29, 1.82) is 0 Å². The van der Waals surface area contributed by atoms with Gasteiger partial charge >= 0.3 is 0 Å². The van der Waals surface area contributed by atoms with Gasteiger partial charge in [-0.2, -0.15) is 0 Å². The van der Waals surface area contributed by atoms with Crippen molar-refractivity contribution in [1.82, 2.24) is 0 Å². The van der Waals surface area contributed by atoms with E-state index in [1.807, 2.05) is 12.1 Å². The van der Waals surface area contributed by atoms with Crippen molar-refractivity contribution >= 4 is 27.8 Å². The van der Waals surface area contributed by atoms with Crippen LogP contribution in [0.2, 0.25) is 0 Å². The van der Waals surface area contributed by atoms with Crippen LogP contribution in [0.4, 0.5) is 5.69 Å². The van der Waals surface area contributed by atoms with Crippen LogP contribution in [-0.4, -0.2) is 19.5 Å². The number of Topliss-reactive ketones (excluding diaryl/α,β-unsaturated/α-hetero) is 1.